The number of sulfone groups is 1. The van der Waals surface area contributed by atoms with Crippen molar-refractivity contribution < 1.29 is 13.2 Å². The number of hydrogen-bond acceptors (Lipinski definition) is 4. The highest BCUT2D eigenvalue weighted by Crippen LogP contribution is 2.19. The van der Waals surface area contributed by atoms with Crippen LogP contribution < -0.4 is 10.1 Å². The molecule has 0 radical (unpaired) electrons. The maximum absolute atomic E-state index is 11.5. The van der Waals surface area contributed by atoms with Gasteiger partial charge in [0.25, 0.3) is 0 Å². The predicted octanol–water partition coefficient (Wildman–Crippen LogP) is 2.25. The smallest absolute Gasteiger partial charge is 0.175 e. The molecule has 0 bridgehead atoms. The highest BCUT2D eigenvalue weighted by atomic mass is 32.2. The van der Waals surface area contributed by atoms with Crippen LogP contribution in [0, 0.1) is 0 Å². The third-order valence-electron chi connectivity index (χ3n) is 2.75. The zero-order valence-corrected chi connectivity index (χ0v) is 12.8. The molecule has 1 N–H and O–H groups in total. The van der Waals surface area contributed by atoms with E-state index >= 15 is 0 Å². The van der Waals surface area contributed by atoms with Crippen LogP contribution >= 0.6 is 0 Å². The Hall–Kier alpha value is -1.07. The molecule has 1 aromatic rings. The fourth-order valence-corrected chi connectivity index (χ4v) is 2.26. The molecule has 4 nitrogen and oxygen atoms in total. The summed E-state index contributed by atoms with van der Waals surface area (Å²) < 4.78 is 28.8. The van der Waals surface area contributed by atoms with Gasteiger partial charge in [0.1, 0.15) is 11.9 Å². The summed E-state index contributed by atoms with van der Waals surface area (Å²) in [7, 11) is -3.19. The van der Waals surface area contributed by atoms with Crippen LogP contribution in [0.2, 0.25) is 0 Å². The molecule has 1 aromatic carbocycles. The minimum Gasteiger partial charge on any atom is -0.489 e. The van der Waals surface area contributed by atoms with Gasteiger partial charge in [0, 0.05) is 18.8 Å². The van der Waals surface area contributed by atoms with Crippen molar-refractivity contribution in [3.8, 4) is 5.75 Å². The molecule has 0 saturated carbocycles. The van der Waals surface area contributed by atoms with E-state index in [1.807, 2.05) is 6.92 Å². The van der Waals surface area contributed by atoms with E-state index in [1.54, 1.807) is 24.3 Å². The van der Waals surface area contributed by atoms with Crippen molar-refractivity contribution in [1.29, 1.82) is 0 Å². The number of ether oxygens (including phenoxy) is 1. The standard InChI is InChI=1S/C14H23NO3S/c1-5-12(10-15-11(2)3)18-13-7-6-8-14(9-13)19(4,16)17/h6-9,11-12,15H,5,10H2,1-4H3. The van der Waals surface area contributed by atoms with Gasteiger partial charge in [-0.15, -0.1) is 0 Å². The number of benzene rings is 1. The van der Waals surface area contributed by atoms with Gasteiger partial charge >= 0.3 is 0 Å². The van der Waals surface area contributed by atoms with E-state index in [0.29, 0.717) is 11.8 Å². The Balaban J connectivity index is 2.75. The van der Waals surface area contributed by atoms with E-state index < -0.39 is 9.84 Å². The van der Waals surface area contributed by atoms with Crippen LogP contribution in [0.3, 0.4) is 0 Å². The molecule has 108 valence electrons. The van der Waals surface area contributed by atoms with E-state index in [0.717, 1.165) is 13.0 Å². The highest BCUT2D eigenvalue weighted by Gasteiger charge is 2.11. The van der Waals surface area contributed by atoms with E-state index in [4.69, 9.17) is 4.74 Å². The first kappa shape index (κ1) is 16.0. The lowest BCUT2D eigenvalue weighted by molar-refractivity contribution is 0.189. The molecule has 0 saturated heterocycles. The molecular weight excluding hydrogens is 262 g/mol. The normalized spacial score (nSPS) is 13.5. The van der Waals surface area contributed by atoms with Crippen molar-refractivity contribution in [2.75, 3.05) is 12.8 Å². The van der Waals surface area contributed by atoms with Gasteiger partial charge in [-0.3, -0.25) is 0 Å². The average molecular weight is 285 g/mol. The first-order chi connectivity index (χ1) is 8.82. The van der Waals surface area contributed by atoms with Crippen molar-refractivity contribution in [2.45, 2.75) is 44.2 Å². The summed E-state index contributed by atoms with van der Waals surface area (Å²) in [5.74, 6) is 0.598. The summed E-state index contributed by atoms with van der Waals surface area (Å²) in [5.41, 5.74) is 0. The molecule has 1 rings (SSSR count). The third kappa shape index (κ3) is 5.61. The third-order valence-corrected chi connectivity index (χ3v) is 3.86. The molecule has 0 amide bonds. The number of hydrogen-bond donors (Lipinski definition) is 1. The second-order valence-corrected chi connectivity index (χ2v) is 6.97. The fourth-order valence-electron chi connectivity index (χ4n) is 1.61. The Morgan fingerprint density at radius 3 is 2.53 bits per heavy atom. The molecule has 19 heavy (non-hydrogen) atoms. The molecule has 1 atom stereocenters. The van der Waals surface area contributed by atoms with Crippen LogP contribution in [-0.4, -0.2) is 33.4 Å². The van der Waals surface area contributed by atoms with Crippen LogP contribution in [0.15, 0.2) is 29.2 Å². The molecule has 0 aliphatic rings. The van der Waals surface area contributed by atoms with Crippen molar-refractivity contribution in [3.05, 3.63) is 24.3 Å². The Labute approximate surface area is 116 Å². The van der Waals surface area contributed by atoms with E-state index in [-0.39, 0.29) is 11.0 Å². The van der Waals surface area contributed by atoms with Crippen LogP contribution in [-0.2, 0) is 9.84 Å². The summed E-state index contributed by atoms with van der Waals surface area (Å²) >= 11 is 0. The first-order valence-electron chi connectivity index (χ1n) is 6.53. The summed E-state index contributed by atoms with van der Waals surface area (Å²) in [6, 6.07) is 7.05. The van der Waals surface area contributed by atoms with E-state index in [2.05, 4.69) is 19.2 Å². The molecule has 1 unspecified atom stereocenters. The highest BCUT2D eigenvalue weighted by molar-refractivity contribution is 7.90. The van der Waals surface area contributed by atoms with Crippen LogP contribution in [0.25, 0.3) is 0 Å². The van der Waals surface area contributed by atoms with Gasteiger partial charge < -0.3 is 10.1 Å². The second-order valence-electron chi connectivity index (χ2n) is 4.96. The maximum atomic E-state index is 11.5. The minimum atomic E-state index is -3.19. The Bertz CT molecular complexity index is 497. The number of nitrogens with one attached hydrogen (secondary N) is 1. The maximum Gasteiger partial charge on any atom is 0.175 e. The molecule has 0 heterocycles. The SMILES string of the molecule is CCC(CNC(C)C)Oc1cccc(S(C)(=O)=O)c1. The zero-order valence-electron chi connectivity index (χ0n) is 12.0. The lowest BCUT2D eigenvalue weighted by Crippen LogP contribution is -2.34. The zero-order chi connectivity index (χ0) is 14.5. The van der Waals surface area contributed by atoms with Gasteiger partial charge in [-0.1, -0.05) is 26.8 Å². The summed E-state index contributed by atoms with van der Waals surface area (Å²) in [6.45, 7) is 6.96. The molecule has 0 aliphatic carbocycles. The average Bonchev–Trinajstić information content (AvgIpc) is 2.33. The lowest BCUT2D eigenvalue weighted by atomic mass is 10.2. The molecular formula is C14H23NO3S. The van der Waals surface area contributed by atoms with Gasteiger partial charge in [0.15, 0.2) is 9.84 Å². The molecule has 0 fully saturated rings. The number of rotatable bonds is 7. The predicted molar refractivity (Wildman–Crippen MR) is 77.4 cm³/mol. The van der Waals surface area contributed by atoms with Gasteiger partial charge in [-0.05, 0) is 24.6 Å². The Morgan fingerprint density at radius 2 is 2.00 bits per heavy atom. The van der Waals surface area contributed by atoms with Crippen molar-refractivity contribution in [2.24, 2.45) is 0 Å². The lowest BCUT2D eigenvalue weighted by Gasteiger charge is -2.20. The Morgan fingerprint density at radius 1 is 1.32 bits per heavy atom. The summed E-state index contributed by atoms with van der Waals surface area (Å²) in [5, 5.41) is 3.32. The van der Waals surface area contributed by atoms with Gasteiger partial charge in [-0.2, -0.15) is 0 Å². The van der Waals surface area contributed by atoms with Crippen molar-refractivity contribution >= 4 is 9.84 Å². The van der Waals surface area contributed by atoms with Crippen LogP contribution in [0.4, 0.5) is 0 Å². The Kier molecular flexibility index (Phi) is 5.82. The van der Waals surface area contributed by atoms with Gasteiger partial charge in [0.05, 0.1) is 4.90 Å². The van der Waals surface area contributed by atoms with Crippen molar-refractivity contribution in [3.63, 3.8) is 0 Å². The summed E-state index contributed by atoms with van der Waals surface area (Å²) in [6.07, 6.45) is 2.10. The minimum absolute atomic E-state index is 0.0391. The van der Waals surface area contributed by atoms with E-state index in [9.17, 15) is 8.42 Å². The molecule has 0 aliphatic heterocycles. The fraction of sp³-hybridized carbons (Fsp3) is 0.571. The van der Waals surface area contributed by atoms with Crippen molar-refractivity contribution in [1.82, 2.24) is 5.32 Å². The topological polar surface area (TPSA) is 55.4 Å². The second kappa shape index (κ2) is 6.91. The first-order valence-corrected chi connectivity index (χ1v) is 8.42. The van der Waals surface area contributed by atoms with Crippen LogP contribution in [0.1, 0.15) is 27.2 Å². The monoisotopic (exact) mass is 285 g/mol. The molecule has 0 aromatic heterocycles. The largest absolute Gasteiger partial charge is 0.489 e. The molecule has 0 spiro atoms. The van der Waals surface area contributed by atoms with Gasteiger partial charge in [-0.25, -0.2) is 8.42 Å². The summed E-state index contributed by atoms with van der Waals surface area (Å²) in [4.78, 5) is 0.289. The van der Waals surface area contributed by atoms with Crippen LogP contribution in [0.5, 0.6) is 5.75 Å². The van der Waals surface area contributed by atoms with Gasteiger partial charge in [0.2, 0.25) is 0 Å². The molecule has 5 heteroatoms. The quantitative estimate of drug-likeness (QED) is 0.835. The van der Waals surface area contributed by atoms with E-state index in [1.165, 1.54) is 6.26 Å².